The number of nitrogens with zero attached hydrogens (tertiary/aromatic N) is 3. The highest BCUT2D eigenvalue weighted by Gasteiger charge is 2.26. The first-order valence-electron chi connectivity index (χ1n) is 8.14. The van der Waals surface area contributed by atoms with E-state index in [0.29, 0.717) is 21.7 Å². The molecular weight excluding hydrogens is 346 g/mol. The van der Waals surface area contributed by atoms with Crippen LogP contribution in [-0.2, 0) is 0 Å². The molecule has 1 fully saturated rings. The van der Waals surface area contributed by atoms with Gasteiger partial charge in [0.15, 0.2) is 5.75 Å². The Bertz CT molecular complexity index is 887. The van der Waals surface area contributed by atoms with Crippen molar-refractivity contribution in [3.63, 3.8) is 0 Å². The molecule has 2 heterocycles. The molecule has 2 aromatic heterocycles. The summed E-state index contributed by atoms with van der Waals surface area (Å²) in [4.78, 5) is 12.6. The average molecular weight is 362 g/mol. The van der Waals surface area contributed by atoms with Gasteiger partial charge in [0.2, 0.25) is 5.76 Å². The number of aromatic amines is 1. The second-order valence-electron chi connectivity index (χ2n) is 5.97. The van der Waals surface area contributed by atoms with Crippen molar-refractivity contribution in [2.75, 3.05) is 5.32 Å². The molecule has 0 atom stereocenters. The normalized spacial score (nSPS) is 15.4. The molecule has 0 aliphatic heterocycles. The van der Waals surface area contributed by atoms with Crippen molar-refractivity contribution >= 4 is 34.4 Å². The van der Waals surface area contributed by atoms with Crippen molar-refractivity contribution in [3.05, 3.63) is 29.0 Å². The van der Waals surface area contributed by atoms with Gasteiger partial charge in [0.05, 0.1) is 11.5 Å². The zero-order valence-electron chi connectivity index (χ0n) is 13.3. The third-order valence-corrected chi connectivity index (χ3v) is 4.45. The number of anilines is 1. The van der Waals surface area contributed by atoms with Crippen LogP contribution in [0.3, 0.4) is 0 Å². The van der Waals surface area contributed by atoms with Crippen molar-refractivity contribution in [1.29, 1.82) is 0 Å². The highest BCUT2D eigenvalue weighted by molar-refractivity contribution is 6.31. The average Bonchev–Trinajstić information content (AvgIpc) is 3.24. The quantitative estimate of drug-likeness (QED) is 0.735. The number of rotatable bonds is 4. The topological polar surface area (TPSA) is 106 Å². The number of aromatic nitrogens is 4. The van der Waals surface area contributed by atoms with E-state index in [9.17, 15) is 4.79 Å². The SMILES string of the molecule is O=C(Nc1nn[nH]n1)c1oc2ccc(Cl)cc2c1OC1CCCCC1. The number of hydrogen-bond acceptors (Lipinski definition) is 6. The third kappa shape index (κ3) is 3.30. The minimum Gasteiger partial charge on any atom is -0.486 e. The van der Waals surface area contributed by atoms with Crippen LogP contribution in [0.25, 0.3) is 11.0 Å². The fourth-order valence-corrected chi connectivity index (χ4v) is 3.21. The highest BCUT2D eigenvalue weighted by Crippen LogP contribution is 2.37. The molecule has 1 aliphatic rings. The van der Waals surface area contributed by atoms with Crippen LogP contribution in [0.15, 0.2) is 22.6 Å². The summed E-state index contributed by atoms with van der Waals surface area (Å²) >= 11 is 6.11. The summed E-state index contributed by atoms with van der Waals surface area (Å²) in [7, 11) is 0. The molecule has 0 spiro atoms. The molecule has 25 heavy (non-hydrogen) atoms. The van der Waals surface area contributed by atoms with Crippen LogP contribution in [-0.4, -0.2) is 32.6 Å². The standard InChI is InChI=1S/C16H16ClN5O3/c17-9-6-7-12-11(8-9)13(24-10-4-2-1-3-5-10)14(25-12)15(23)18-16-19-21-22-20-16/h6-8,10H,1-5H2,(H2,18,19,20,21,22,23). The van der Waals surface area contributed by atoms with Crippen LogP contribution < -0.4 is 10.1 Å². The maximum Gasteiger partial charge on any atom is 0.297 e. The Hall–Kier alpha value is -2.61. The van der Waals surface area contributed by atoms with E-state index >= 15 is 0 Å². The molecule has 0 unspecified atom stereocenters. The zero-order valence-corrected chi connectivity index (χ0v) is 14.0. The molecule has 0 saturated heterocycles. The van der Waals surface area contributed by atoms with E-state index < -0.39 is 5.91 Å². The Morgan fingerprint density at radius 1 is 1.32 bits per heavy atom. The summed E-state index contributed by atoms with van der Waals surface area (Å²) in [6, 6.07) is 5.17. The summed E-state index contributed by atoms with van der Waals surface area (Å²) < 4.78 is 11.9. The lowest BCUT2D eigenvalue weighted by Gasteiger charge is -2.22. The number of tetrazole rings is 1. The Morgan fingerprint density at radius 3 is 2.92 bits per heavy atom. The molecule has 8 nitrogen and oxygen atoms in total. The number of H-pyrrole nitrogens is 1. The van der Waals surface area contributed by atoms with E-state index in [1.807, 2.05) is 0 Å². The van der Waals surface area contributed by atoms with Gasteiger partial charge in [0, 0.05) is 5.02 Å². The summed E-state index contributed by atoms with van der Waals surface area (Å²) in [5.41, 5.74) is 0.536. The molecule has 3 aromatic rings. The first kappa shape index (κ1) is 15.9. The Morgan fingerprint density at radius 2 is 2.16 bits per heavy atom. The van der Waals surface area contributed by atoms with Gasteiger partial charge in [-0.2, -0.15) is 5.21 Å². The lowest BCUT2D eigenvalue weighted by atomic mass is 9.98. The predicted molar refractivity (Wildman–Crippen MR) is 90.9 cm³/mol. The molecule has 0 bridgehead atoms. The molecule has 1 aromatic carbocycles. The van der Waals surface area contributed by atoms with Gasteiger partial charge in [-0.1, -0.05) is 23.1 Å². The minimum absolute atomic E-state index is 0.0604. The number of hydrogen-bond donors (Lipinski definition) is 2. The number of carbonyl (C=O) groups excluding carboxylic acids is 1. The number of halogens is 1. The van der Waals surface area contributed by atoms with Crippen LogP contribution in [0, 0.1) is 0 Å². The second-order valence-corrected chi connectivity index (χ2v) is 6.40. The van der Waals surface area contributed by atoms with Crippen LogP contribution in [0.5, 0.6) is 5.75 Å². The molecule has 0 radical (unpaired) electrons. The van der Waals surface area contributed by atoms with Gasteiger partial charge in [-0.25, -0.2) is 0 Å². The van der Waals surface area contributed by atoms with Crippen LogP contribution in [0.1, 0.15) is 42.7 Å². The molecule has 9 heteroatoms. The molecule has 1 amide bonds. The number of fused-ring (bicyclic) bond motifs is 1. The van der Waals surface area contributed by atoms with Gasteiger partial charge in [0.25, 0.3) is 11.9 Å². The largest absolute Gasteiger partial charge is 0.486 e. The minimum atomic E-state index is -0.500. The Balaban J connectivity index is 1.71. The maximum absolute atomic E-state index is 12.6. The number of furan rings is 1. The second kappa shape index (κ2) is 6.72. The molecule has 4 rings (SSSR count). The summed E-state index contributed by atoms with van der Waals surface area (Å²) in [5, 5.41) is 16.9. The molecule has 130 valence electrons. The van der Waals surface area contributed by atoms with E-state index in [-0.39, 0.29) is 17.8 Å². The number of nitrogens with one attached hydrogen (secondary N) is 2. The maximum atomic E-state index is 12.6. The Labute approximate surface area is 147 Å². The van der Waals surface area contributed by atoms with Gasteiger partial charge in [0.1, 0.15) is 5.58 Å². The van der Waals surface area contributed by atoms with E-state index in [4.69, 9.17) is 20.8 Å². The third-order valence-electron chi connectivity index (χ3n) is 4.22. The first-order chi connectivity index (χ1) is 12.2. The zero-order chi connectivity index (χ0) is 17.2. The fourth-order valence-electron chi connectivity index (χ4n) is 3.04. The van der Waals surface area contributed by atoms with Gasteiger partial charge in [-0.3, -0.25) is 10.1 Å². The molecule has 1 saturated carbocycles. The number of benzene rings is 1. The van der Waals surface area contributed by atoms with Crippen LogP contribution in [0.2, 0.25) is 5.02 Å². The van der Waals surface area contributed by atoms with Gasteiger partial charge in [-0.05, 0) is 49.1 Å². The van der Waals surface area contributed by atoms with Crippen molar-refractivity contribution in [1.82, 2.24) is 20.6 Å². The van der Waals surface area contributed by atoms with Crippen molar-refractivity contribution < 1.29 is 13.9 Å². The van der Waals surface area contributed by atoms with Crippen molar-refractivity contribution in [3.8, 4) is 5.75 Å². The molecule has 2 N–H and O–H groups in total. The summed E-state index contributed by atoms with van der Waals surface area (Å²) in [5.74, 6) is 0.0460. The fraction of sp³-hybridized carbons (Fsp3) is 0.375. The first-order valence-corrected chi connectivity index (χ1v) is 8.52. The number of carbonyl (C=O) groups is 1. The lowest BCUT2D eigenvalue weighted by molar-refractivity contribution is 0.0981. The monoisotopic (exact) mass is 361 g/mol. The van der Waals surface area contributed by atoms with Gasteiger partial charge >= 0.3 is 0 Å². The highest BCUT2D eigenvalue weighted by atomic mass is 35.5. The van der Waals surface area contributed by atoms with Crippen LogP contribution in [0.4, 0.5) is 5.95 Å². The summed E-state index contributed by atoms with van der Waals surface area (Å²) in [6.07, 6.45) is 5.42. The molecular formula is C16H16ClN5O3. The van der Waals surface area contributed by atoms with E-state index in [0.717, 1.165) is 25.7 Å². The predicted octanol–water partition coefficient (Wildman–Crippen LogP) is 3.56. The van der Waals surface area contributed by atoms with Crippen LogP contribution >= 0.6 is 11.6 Å². The van der Waals surface area contributed by atoms with Crippen molar-refractivity contribution in [2.24, 2.45) is 0 Å². The number of ether oxygens (including phenoxy) is 1. The van der Waals surface area contributed by atoms with Crippen molar-refractivity contribution in [2.45, 2.75) is 38.2 Å². The summed E-state index contributed by atoms with van der Waals surface area (Å²) in [6.45, 7) is 0. The van der Waals surface area contributed by atoms with Gasteiger partial charge < -0.3 is 9.15 Å². The lowest BCUT2D eigenvalue weighted by Crippen LogP contribution is -2.21. The van der Waals surface area contributed by atoms with Gasteiger partial charge in [-0.15, -0.1) is 5.10 Å². The van der Waals surface area contributed by atoms with E-state index in [2.05, 4.69) is 25.9 Å². The van der Waals surface area contributed by atoms with E-state index in [1.165, 1.54) is 6.42 Å². The Kier molecular flexibility index (Phi) is 4.27. The smallest absolute Gasteiger partial charge is 0.297 e. The number of amides is 1. The van der Waals surface area contributed by atoms with E-state index in [1.54, 1.807) is 18.2 Å². The molecule has 1 aliphatic carbocycles.